The highest BCUT2D eigenvalue weighted by atomic mass is 16.8. The maximum Gasteiger partial charge on any atom is 0.315 e. The number of hydrogen-bond donors (Lipinski definition) is 10. The smallest absolute Gasteiger partial charge is 0.315 e. The van der Waals surface area contributed by atoms with Crippen molar-refractivity contribution in [2.75, 3.05) is 13.2 Å². The predicted octanol–water partition coefficient (Wildman–Crippen LogP) is 0.778. The molecule has 0 aromatic carbocycles. The number of fused-ring (bicyclic) bond motifs is 7. The van der Waals surface area contributed by atoms with Crippen LogP contribution in [0.5, 0.6) is 0 Å². The molecule has 0 amide bonds. The normalized spacial score (nSPS) is 53.4. The zero-order valence-electron chi connectivity index (χ0n) is 38.4. The summed E-state index contributed by atoms with van der Waals surface area (Å²) in [7, 11) is 0. The molecular weight excluding hydrogens is 837 g/mol. The molecule has 0 bridgehead atoms. The quantitative estimate of drug-likeness (QED) is 0.119. The van der Waals surface area contributed by atoms with Crippen LogP contribution in [0.3, 0.4) is 0 Å². The van der Waals surface area contributed by atoms with E-state index < -0.39 is 122 Å². The largest absolute Gasteiger partial charge is 0.432 e. The number of carbonyl (C=O) groups excluding carboxylic acids is 1. The van der Waals surface area contributed by atoms with Crippen molar-refractivity contribution in [2.24, 2.45) is 50.7 Å². The predicted molar refractivity (Wildman–Crippen MR) is 224 cm³/mol. The molecule has 8 rings (SSSR count). The van der Waals surface area contributed by atoms with E-state index in [0.29, 0.717) is 30.6 Å². The molecule has 23 atom stereocenters. The highest BCUT2D eigenvalue weighted by Gasteiger charge is 2.67. The van der Waals surface area contributed by atoms with Crippen LogP contribution >= 0.6 is 0 Å². The lowest BCUT2D eigenvalue weighted by Gasteiger charge is -2.66. The molecule has 366 valence electrons. The van der Waals surface area contributed by atoms with Crippen LogP contribution in [0.4, 0.5) is 0 Å². The van der Waals surface area contributed by atoms with Crippen LogP contribution in [0.1, 0.15) is 113 Å². The molecular formula is C47H76O17. The van der Waals surface area contributed by atoms with E-state index in [1.54, 1.807) is 0 Å². The van der Waals surface area contributed by atoms with Gasteiger partial charge in [0.15, 0.2) is 12.6 Å². The Balaban J connectivity index is 0.965. The second-order valence-corrected chi connectivity index (χ2v) is 22.8. The van der Waals surface area contributed by atoms with E-state index >= 15 is 0 Å². The summed E-state index contributed by atoms with van der Waals surface area (Å²) in [6.07, 6.45) is -13.5. The SMILES string of the molecule is C[C@@H]1O[C@@H](O[C@H]2[C@H](O)[C@@H](O)[C@H](OC[C@H]3O[C@@H](OC(=O)[C@@]45CC=C6[C@@H]7CC[C@H]8C(C)(C)[C@@H](O)CC[C@]8(C)[C@H]7CC[C@@H]6[C@]4(C)CC(C)(C)CC5)[C@H](O)[C@@H](O)[C@@H]3O)O[C@@H]2CO)[C@H](O)[C@H](O)[C@H]1O. The van der Waals surface area contributed by atoms with Crippen molar-refractivity contribution >= 4 is 5.97 Å². The Bertz CT molecular complexity index is 1720. The zero-order valence-corrected chi connectivity index (χ0v) is 38.4. The molecule has 3 saturated heterocycles. The van der Waals surface area contributed by atoms with Crippen molar-refractivity contribution in [3.05, 3.63) is 11.6 Å². The topological polar surface area (TPSA) is 275 Å². The molecule has 17 nitrogen and oxygen atoms in total. The number of esters is 1. The van der Waals surface area contributed by atoms with Crippen LogP contribution < -0.4 is 0 Å². The Hall–Kier alpha value is -1.39. The minimum Gasteiger partial charge on any atom is -0.432 e. The molecule has 3 aliphatic heterocycles. The zero-order chi connectivity index (χ0) is 46.6. The van der Waals surface area contributed by atoms with Crippen molar-refractivity contribution < 1.29 is 84.3 Å². The molecule has 10 N–H and O–H groups in total. The van der Waals surface area contributed by atoms with Gasteiger partial charge in [0.25, 0.3) is 0 Å². The van der Waals surface area contributed by atoms with Crippen LogP contribution in [-0.4, -0.2) is 168 Å². The summed E-state index contributed by atoms with van der Waals surface area (Å²) >= 11 is 0. The molecule has 17 heteroatoms. The average Bonchev–Trinajstić information content (AvgIpc) is 3.24. The van der Waals surface area contributed by atoms with Crippen molar-refractivity contribution in [1.29, 1.82) is 0 Å². The van der Waals surface area contributed by atoms with Crippen molar-refractivity contribution in [2.45, 2.75) is 211 Å². The summed E-state index contributed by atoms with van der Waals surface area (Å²) in [5.74, 6) is 0.916. The highest BCUT2D eigenvalue weighted by molar-refractivity contribution is 5.79. The molecule has 0 aromatic heterocycles. The molecule has 0 unspecified atom stereocenters. The van der Waals surface area contributed by atoms with Crippen LogP contribution in [0, 0.1) is 50.7 Å². The van der Waals surface area contributed by atoms with Crippen LogP contribution in [0.15, 0.2) is 11.6 Å². The first kappa shape index (κ1) is 49.0. The first-order chi connectivity index (χ1) is 29.9. The van der Waals surface area contributed by atoms with Gasteiger partial charge in [0.05, 0.1) is 30.8 Å². The fourth-order valence-electron chi connectivity index (χ4n) is 14.7. The van der Waals surface area contributed by atoms with Gasteiger partial charge in [-0.25, -0.2) is 0 Å². The van der Waals surface area contributed by atoms with E-state index in [1.807, 2.05) is 0 Å². The first-order valence-corrected chi connectivity index (χ1v) is 23.8. The number of ether oxygens (including phenoxy) is 6. The Morgan fingerprint density at radius 3 is 2.06 bits per heavy atom. The van der Waals surface area contributed by atoms with Crippen molar-refractivity contribution in [1.82, 2.24) is 0 Å². The van der Waals surface area contributed by atoms with Gasteiger partial charge in [-0.3, -0.25) is 4.79 Å². The Labute approximate surface area is 376 Å². The lowest BCUT2D eigenvalue weighted by Crippen LogP contribution is -2.65. The average molecular weight is 913 g/mol. The van der Waals surface area contributed by atoms with E-state index in [-0.39, 0.29) is 28.3 Å². The number of aliphatic hydroxyl groups is 10. The Morgan fingerprint density at radius 1 is 0.703 bits per heavy atom. The van der Waals surface area contributed by atoms with Gasteiger partial charge >= 0.3 is 5.97 Å². The third kappa shape index (κ3) is 7.85. The van der Waals surface area contributed by atoms with Crippen molar-refractivity contribution in [3.63, 3.8) is 0 Å². The maximum atomic E-state index is 15.0. The third-order valence-corrected chi connectivity index (χ3v) is 18.5. The number of hydrogen-bond acceptors (Lipinski definition) is 17. The van der Waals surface area contributed by atoms with Gasteiger partial charge in [-0.05, 0) is 116 Å². The number of carbonyl (C=O) groups is 1. The molecule has 7 fully saturated rings. The molecule has 0 radical (unpaired) electrons. The van der Waals surface area contributed by atoms with E-state index in [0.717, 1.165) is 51.4 Å². The molecule has 0 spiro atoms. The Kier molecular flexibility index (Phi) is 13.4. The summed E-state index contributed by atoms with van der Waals surface area (Å²) in [6.45, 7) is 13.8. The highest BCUT2D eigenvalue weighted by Crippen LogP contribution is 2.72. The standard InChI is InChI=1S/C47H76O17/c1-21-30(50)32(52)35(55)40(60-21)63-38-26(18-48)61-39(37(57)34(38)54)59-19-27-31(51)33(53)36(56)41(62-27)64-42(58)47-15-12-23-22-8-11-28-44(4,5)29(49)13-14-45(28,6)24(22)9-10-25(23)46(47,7)20-43(2,3)16-17-47/h12,21-22,24-41,48-57H,8-11,13-20H2,1-7H3/t21-,22-,24-,25-,26+,27+,28-,29-,30-,31+,32+,33-,34+,35+,36+,37+,38+,39+,40-,41-,45+,46-,47-/m0/s1. The minimum atomic E-state index is -1.83. The molecule has 0 aromatic rings. The summed E-state index contributed by atoms with van der Waals surface area (Å²) in [4.78, 5) is 15.0. The molecule has 3 heterocycles. The lowest BCUT2D eigenvalue weighted by atomic mass is 9.38. The Morgan fingerprint density at radius 2 is 1.36 bits per heavy atom. The van der Waals surface area contributed by atoms with Gasteiger partial charge in [0.1, 0.15) is 67.1 Å². The number of allylic oxidation sites excluding steroid dienone is 2. The number of rotatable bonds is 8. The maximum absolute atomic E-state index is 15.0. The summed E-state index contributed by atoms with van der Waals surface area (Å²) < 4.78 is 34.8. The van der Waals surface area contributed by atoms with Gasteiger partial charge in [0, 0.05) is 0 Å². The van der Waals surface area contributed by atoms with Gasteiger partial charge in [-0.2, -0.15) is 0 Å². The van der Waals surface area contributed by atoms with E-state index in [9.17, 15) is 55.9 Å². The number of aliphatic hydroxyl groups excluding tert-OH is 10. The lowest BCUT2D eigenvalue weighted by molar-refractivity contribution is -0.361. The van der Waals surface area contributed by atoms with Crippen LogP contribution in [0.2, 0.25) is 0 Å². The summed E-state index contributed by atoms with van der Waals surface area (Å²) in [5, 5.41) is 107. The monoisotopic (exact) mass is 913 g/mol. The first-order valence-electron chi connectivity index (χ1n) is 23.8. The molecule has 8 aliphatic rings. The van der Waals surface area contributed by atoms with E-state index in [2.05, 4.69) is 47.6 Å². The van der Waals surface area contributed by atoms with Crippen molar-refractivity contribution in [3.8, 4) is 0 Å². The van der Waals surface area contributed by atoms with Gasteiger partial charge < -0.3 is 79.5 Å². The molecule has 5 aliphatic carbocycles. The fraction of sp³-hybridized carbons (Fsp3) is 0.936. The minimum absolute atomic E-state index is 0.0510. The van der Waals surface area contributed by atoms with Crippen LogP contribution in [0.25, 0.3) is 0 Å². The molecule has 64 heavy (non-hydrogen) atoms. The van der Waals surface area contributed by atoms with E-state index in [4.69, 9.17) is 28.4 Å². The molecule has 4 saturated carbocycles. The second-order valence-electron chi connectivity index (χ2n) is 22.8. The summed E-state index contributed by atoms with van der Waals surface area (Å²) in [6, 6.07) is 0. The third-order valence-electron chi connectivity index (χ3n) is 18.5. The fourth-order valence-corrected chi connectivity index (χ4v) is 14.7. The van der Waals surface area contributed by atoms with E-state index in [1.165, 1.54) is 12.5 Å². The van der Waals surface area contributed by atoms with Crippen LogP contribution in [-0.2, 0) is 33.2 Å². The van der Waals surface area contributed by atoms with Gasteiger partial charge in [-0.1, -0.05) is 53.2 Å². The summed E-state index contributed by atoms with van der Waals surface area (Å²) in [5.41, 5.74) is -0.0911. The second kappa shape index (κ2) is 17.5. The van der Waals surface area contributed by atoms with Gasteiger partial charge in [0.2, 0.25) is 6.29 Å². The van der Waals surface area contributed by atoms with Gasteiger partial charge in [-0.15, -0.1) is 0 Å².